The Labute approximate surface area is 154 Å². The number of thioether (sulfide) groups is 1. The number of nitrogens with one attached hydrogen (secondary N) is 1. The molecule has 0 unspecified atom stereocenters. The topological polar surface area (TPSA) is 85.9 Å². The predicted molar refractivity (Wildman–Crippen MR) is 98.1 cm³/mol. The van der Waals surface area contributed by atoms with Gasteiger partial charge >= 0.3 is 0 Å². The van der Waals surface area contributed by atoms with Crippen molar-refractivity contribution in [3.8, 4) is 17.9 Å². The van der Waals surface area contributed by atoms with Crippen molar-refractivity contribution in [2.75, 3.05) is 18.2 Å². The molecule has 0 saturated heterocycles. The largest absolute Gasteiger partial charge is 0.497 e. The quantitative estimate of drug-likeness (QED) is 0.585. The standard InChI is InChI=1S/C19H14FN3O2S/c1-25-17-8-2-13(3-9-17)18(24)12-26-19(14(10-21)11-22)23-16-6-4-15(20)5-7-16/h2-9,23H,12H2,1H3. The van der Waals surface area contributed by atoms with Crippen LogP contribution in [0.2, 0.25) is 0 Å². The minimum Gasteiger partial charge on any atom is -0.497 e. The maximum Gasteiger partial charge on any atom is 0.173 e. The fourth-order valence-corrected chi connectivity index (χ4v) is 2.83. The Morgan fingerprint density at radius 3 is 2.27 bits per heavy atom. The SMILES string of the molecule is COc1ccc(C(=O)CSC(Nc2ccc(F)cc2)=C(C#N)C#N)cc1. The lowest BCUT2D eigenvalue weighted by Crippen LogP contribution is -2.06. The first-order chi connectivity index (χ1) is 12.6. The maximum atomic E-state index is 13.0. The van der Waals surface area contributed by atoms with E-state index >= 15 is 0 Å². The van der Waals surface area contributed by atoms with Crippen LogP contribution in [0.4, 0.5) is 10.1 Å². The Bertz CT molecular complexity index is 878. The number of allylic oxidation sites excluding steroid dienone is 1. The minimum atomic E-state index is -0.399. The van der Waals surface area contributed by atoms with Gasteiger partial charge in [0.25, 0.3) is 0 Å². The molecule has 0 aromatic heterocycles. The number of carbonyl (C=O) groups is 1. The lowest BCUT2D eigenvalue weighted by atomic mass is 10.1. The first-order valence-corrected chi connectivity index (χ1v) is 8.43. The van der Waals surface area contributed by atoms with Crippen molar-refractivity contribution >= 4 is 23.2 Å². The summed E-state index contributed by atoms with van der Waals surface area (Å²) in [5.74, 6) is 0.113. The van der Waals surface area contributed by atoms with Crippen LogP contribution in [0.3, 0.4) is 0 Å². The van der Waals surface area contributed by atoms with E-state index in [2.05, 4.69) is 5.32 Å². The van der Waals surface area contributed by atoms with E-state index in [9.17, 15) is 9.18 Å². The predicted octanol–water partition coefficient (Wildman–Crippen LogP) is 4.12. The van der Waals surface area contributed by atoms with E-state index in [4.69, 9.17) is 15.3 Å². The summed E-state index contributed by atoms with van der Waals surface area (Å²) in [6.45, 7) is 0. The van der Waals surface area contributed by atoms with Gasteiger partial charge in [-0.25, -0.2) is 4.39 Å². The van der Waals surface area contributed by atoms with Crippen molar-refractivity contribution in [1.82, 2.24) is 0 Å². The van der Waals surface area contributed by atoms with Gasteiger partial charge in [-0.15, -0.1) is 0 Å². The Hall–Kier alpha value is -3.29. The van der Waals surface area contributed by atoms with Crippen molar-refractivity contribution in [3.05, 3.63) is 70.5 Å². The monoisotopic (exact) mass is 367 g/mol. The molecule has 0 fully saturated rings. The molecule has 7 heteroatoms. The molecule has 0 atom stereocenters. The van der Waals surface area contributed by atoms with Crippen molar-refractivity contribution in [2.45, 2.75) is 0 Å². The number of nitriles is 2. The Kier molecular flexibility index (Phi) is 6.78. The van der Waals surface area contributed by atoms with Crippen molar-refractivity contribution in [2.24, 2.45) is 0 Å². The molecular weight excluding hydrogens is 353 g/mol. The molecule has 26 heavy (non-hydrogen) atoms. The Morgan fingerprint density at radius 2 is 1.73 bits per heavy atom. The summed E-state index contributed by atoms with van der Waals surface area (Å²) in [6, 6.07) is 15.7. The van der Waals surface area contributed by atoms with Crippen LogP contribution in [-0.2, 0) is 0 Å². The summed E-state index contributed by atoms with van der Waals surface area (Å²) < 4.78 is 18.1. The lowest BCUT2D eigenvalue weighted by Gasteiger charge is -2.10. The number of ether oxygens (including phenoxy) is 1. The fraction of sp³-hybridized carbons (Fsp3) is 0.105. The van der Waals surface area contributed by atoms with Crippen LogP contribution >= 0.6 is 11.8 Å². The average molecular weight is 367 g/mol. The van der Waals surface area contributed by atoms with E-state index in [-0.39, 0.29) is 22.1 Å². The zero-order valence-corrected chi connectivity index (χ0v) is 14.6. The van der Waals surface area contributed by atoms with E-state index in [1.165, 1.54) is 31.4 Å². The normalized spacial score (nSPS) is 9.54. The third-order valence-corrected chi connectivity index (χ3v) is 4.31. The summed E-state index contributed by atoms with van der Waals surface area (Å²) >= 11 is 1.04. The molecule has 0 bridgehead atoms. The molecule has 130 valence electrons. The Balaban J connectivity index is 2.13. The second kappa shape index (κ2) is 9.26. The number of halogens is 1. The third-order valence-electron chi connectivity index (χ3n) is 3.31. The molecule has 2 aromatic rings. The van der Waals surface area contributed by atoms with Crippen LogP contribution in [0, 0.1) is 28.5 Å². The molecule has 2 rings (SSSR count). The van der Waals surface area contributed by atoms with Crippen LogP contribution in [-0.4, -0.2) is 18.6 Å². The number of nitrogens with zero attached hydrogens (tertiary/aromatic N) is 2. The number of methoxy groups -OCH3 is 1. The summed E-state index contributed by atoms with van der Waals surface area (Å²) in [4.78, 5) is 12.3. The molecule has 0 aliphatic carbocycles. The first kappa shape index (κ1) is 19.0. The molecule has 0 aliphatic rings. The van der Waals surface area contributed by atoms with Gasteiger partial charge in [-0.05, 0) is 48.5 Å². The van der Waals surface area contributed by atoms with E-state index in [0.717, 1.165) is 11.8 Å². The van der Waals surface area contributed by atoms with Crippen LogP contribution in [0.15, 0.2) is 59.1 Å². The lowest BCUT2D eigenvalue weighted by molar-refractivity contribution is 0.102. The van der Waals surface area contributed by atoms with Gasteiger partial charge in [-0.2, -0.15) is 10.5 Å². The number of carbonyl (C=O) groups excluding carboxylic acids is 1. The second-order valence-corrected chi connectivity index (χ2v) is 5.99. The highest BCUT2D eigenvalue weighted by atomic mass is 32.2. The molecule has 0 radical (unpaired) electrons. The van der Waals surface area contributed by atoms with Gasteiger partial charge in [0.1, 0.15) is 28.7 Å². The van der Waals surface area contributed by atoms with Crippen molar-refractivity contribution in [1.29, 1.82) is 10.5 Å². The van der Waals surface area contributed by atoms with E-state index < -0.39 is 5.82 Å². The molecular formula is C19H14FN3O2S. The van der Waals surface area contributed by atoms with E-state index in [0.29, 0.717) is 17.0 Å². The zero-order chi connectivity index (χ0) is 18.9. The van der Waals surface area contributed by atoms with Crippen LogP contribution in [0.1, 0.15) is 10.4 Å². The smallest absolute Gasteiger partial charge is 0.173 e. The highest BCUT2D eigenvalue weighted by Gasteiger charge is 2.13. The Morgan fingerprint density at radius 1 is 1.12 bits per heavy atom. The fourth-order valence-electron chi connectivity index (χ4n) is 1.96. The number of hydrogen-bond donors (Lipinski definition) is 1. The molecule has 0 spiro atoms. The minimum absolute atomic E-state index is 0.0305. The van der Waals surface area contributed by atoms with Gasteiger partial charge in [-0.1, -0.05) is 11.8 Å². The molecule has 0 amide bonds. The number of rotatable bonds is 7. The molecule has 1 N–H and O–H groups in total. The number of anilines is 1. The van der Waals surface area contributed by atoms with Gasteiger partial charge in [0.05, 0.1) is 12.9 Å². The van der Waals surface area contributed by atoms with Gasteiger partial charge in [-0.3, -0.25) is 4.79 Å². The average Bonchev–Trinajstić information content (AvgIpc) is 2.68. The van der Waals surface area contributed by atoms with E-state index in [1.54, 1.807) is 36.4 Å². The maximum absolute atomic E-state index is 13.0. The third kappa shape index (κ3) is 5.10. The zero-order valence-electron chi connectivity index (χ0n) is 13.8. The summed E-state index contributed by atoms with van der Waals surface area (Å²) in [6.07, 6.45) is 0. The van der Waals surface area contributed by atoms with Gasteiger partial charge in [0, 0.05) is 11.3 Å². The molecule has 5 nitrogen and oxygen atoms in total. The summed E-state index contributed by atoms with van der Waals surface area (Å²) in [7, 11) is 1.54. The second-order valence-electron chi connectivity index (χ2n) is 5.00. The molecule has 0 heterocycles. The van der Waals surface area contributed by atoms with Crippen molar-refractivity contribution in [3.63, 3.8) is 0 Å². The number of Topliss-reactive ketones (excluding diaryl/α,β-unsaturated/α-hetero) is 1. The van der Waals surface area contributed by atoms with Gasteiger partial charge in [0.2, 0.25) is 0 Å². The van der Waals surface area contributed by atoms with Gasteiger partial charge in [0.15, 0.2) is 11.4 Å². The molecule has 2 aromatic carbocycles. The van der Waals surface area contributed by atoms with Crippen LogP contribution < -0.4 is 10.1 Å². The number of hydrogen-bond acceptors (Lipinski definition) is 6. The van der Waals surface area contributed by atoms with Crippen LogP contribution in [0.5, 0.6) is 5.75 Å². The van der Waals surface area contributed by atoms with Crippen molar-refractivity contribution < 1.29 is 13.9 Å². The molecule has 0 saturated carbocycles. The highest BCUT2D eigenvalue weighted by Crippen LogP contribution is 2.24. The number of ketones is 1. The van der Waals surface area contributed by atoms with Crippen LogP contribution in [0.25, 0.3) is 0 Å². The highest BCUT2D eigenvalue weighted by molar-refractivity contribution is 8.03. The van der Waals surface area contributed by atoms with Gasteiger partial charge < -0.3 is 10.1 Å². The summed E-state index contributed by atoms with van der Waals surface area (Å²) in [5, 5.41) is 21.4. The number of benzene rings is 2. The first-order valence-electron chi connectivity index (χ1n) is 7.44. The van der Waals surface area contributed by atoms with E-state index in [1.807, 2.05) is 0 Å². The molecule has 0 aliphatic heterocycles. The summed E-state index contributed by atoms with van der Waals surface area (Å²) in [5.41, 5.74) is 0.852.